The van der Waals surface area contributed by atoms with Crippen molar-refractivity contribution in [3.8, 4) is 0 Å². The van der Waals surface area contributed by atoms with Gasteiger partial charge in [-0.2, -0.15) is 0 Å². The Labute approximate surface area is 113 Å². The molecule has 0 radical (unpaired) electrons. The molecule has 1 atom stereocenters. The third-order valence-electron chi connectivity index (χ3n) is 3.25. The Morgan fingerprint density at radius 1 is 1.26 bits per heavy atom. The predicted molar refractivity (Wildman–Crippen MR) is 75.5 cm³/mol. The molecule has 0 aliphatic heterocycles. The maximum absolute atomic E-state index is 12.7. The van der Waals surface area contributed by atoms with Gasteiger partial charge in [0.2, 0.25) is 0 Å². The van der Waals surface area contributed by atoms with Crippen LogP contribution < -0.4 is 16.4 Å². The first-order valence-corrected chi connectivity index (χ1v) is 6.62. The molecule has 4 N–H and O–H groups in total. The van der Waals surface area contributed by atoms with Crippen LogP contribution in [-0.2, 0) is 0 Å². The topological polar surface area (TPSA) is 67.1 Å². The molecule has 0 aliphatic carbocycles. The van der Waals surface area contributed by atoms with E-state index < -0.39 is 0 Å². The third-order valence-corrected chi connectivity index (χ3v) is 3.25. The van der Waals surface area contributed by atoms with E-state index in [1.807, 2.05) is 0 Å². The van der Waals surface area contributed by atoms with E-state index >= 15 is 0 Å². The second-order valence-electron chi connectivity index (χ2n) is 4.58. The normalized spacial score (nSPS) is 12.3. The summed E-state index contributed by atoms with van der Waals surface area (Å²) < 4.78 is 12.7. The van der Waals surface area contributed by atoms with Gasteiger partial charge in [-0.25, -0.2) is 9.18 Å². The largest absolute Gasteiger partial charge is 0.336 e. The lowest BCUT2D eigenvalue weighted by molar-refractivity contribution is 0.249. The number of carbonyl (C=O) groups is 1. The van der Waals surface area contributed by atoms with E-state index in [9.17, 15) is 9.18 Å². The average molecular weight is 267 g/mol. The van der Waals surface area contributed by atoms with Crippen molar-refractivity contribution >= 4 is 11.7 Å². The molecular formula is C14H22FN3O. The number of hydrogen-bond donors (Lipinski definition) is 3. The second kappa shape index (κ2) is 7.74. The van der Waals surface area contributed by atoms with Gasteiger partial charge in [-0.05, 0) is 30.2 Å². The van der Waals surface area contributed by atoms with E-state index in [2.05, 4.69) is 24.5 Å². The molecule has 0 bridgehead atoms. The summed E-state index contributed by atoms with van der Waals surface area (Å²) in [5.41, 5.74) is 6.56. The minimum Gasteiger partial charge on any atom is -0.336 e. The molecule has 1 aromatic carbocycles. The maximum atomic E-state index is 12.7. The van der Waals surface area contributed by atoms with E-state index in [0.717, 1.165) is 12.8 Å². The number of carbonyl (C=O) groups excluding carboxylic acids is 1. The highest BCUT2D eigenvalue weighted by Gasteiger charge is 2.14. The Morgan fingerprint density at radius 3 is 2.37 bits per heavy atom. The highest BCUT2D eigenvalue weighted by Crippen LogP contribution is 2.11. The molecule has 0 aliphatic rings. The molecule has 5 heteroatoms. The Bertz CT molecular complexity index is 390. The highest BCUT2D eigenvalue weighted by molar-refractivity contribution is 5.89. The monoisotopic (exact) mass is 267 g/mol. The molecule has 1 aromatic rings. The van der Waals surface area contributed by atoms with Crippen LogP contribution in [0.15, 0.2) is 24.3 Å². The first-order chi connectivity index (χ1) is 9.06. The van der Waals surface area contributed by atoms with Crippen LogP contribution in [-0.4, -0.2) is 18.6 Å². The summed E-state index contributed by atoms with van der Waals surface area (Å²) in [7, 11) is 0. The number of anilines is 1. The fraction of sp³-hybridized carbons (Fsp3) is 0.500. The van der Waals surface area contributed by atoms with Gasteiger partial charge in [0, 0.05) is 18.3 Å². The van der Waals surface area contributed by atoms with Crippen LogP contribution >= 0.6 is 0 Å². The number of hydrogen-bond acceptors (Lipinski definition) is 2. The van der Waals surface area contributed by atoms with Gasteiger partial charge < -0.3 is 16.4 Å². The number of rotatable bonds is 6. The van der Waals surface area contributed by atoms with Gasteiger partial charge in [0.05, 0.1) is 0 Å². The molecule has 4 nitrogen and oxygen atoms in total. The smallest absolute Gasteiger partial charge is 0.319 e. The Balaban J connectivity index is 2.37. The van der Waals surface area contributed by atoms with Crippen molar-refractivity contribution < 1.29 is 9.18 Å². The van der Waals surface area contributed by atoms with Crippen LogP contribution in [0.5, 0.6) is 0 Å². The van der Waals surface area contributed by atoms with Crippen LogP contribution in [0, 0.1) is 11.7 Å². The maximum Gasteiger partial charge on any atom is 0.319 e. The van der Waals surface area contributed by atoms with E-state index in [4.69, 9.17) is 5.73 Å². The van der Waals surface area contributed by atoms with Crippen molar-refractivity contribution in [2.24, 2.45) is 11.7 Å². The minimum atomic E-state index is -0.332. The number of urea groups is 1. The van der Waals surface area contributed by atoms with E-state index in [-0.39, 0.29) is 17.9 Å². The van der Waals surface area contributed by atoms with Crippen molar-refractivity contribution in [3.05, 3.63) is 30.1 Å². The fourth-order valence-electron chi connectivity index (χ4n) is 1.98. The summed E-state index contributed by atoms with van der Waals surface area (Å²) in [6.07, 6.45) is 2.00. The van der Waals surface area contributed by atoms with Crippen molar-refractivity contribution in [3.63, 3.8) is 0 Å². The Kier molecular flexibility index (Phi) is 6.29. The van der Waals surface area contributed by atoms with Gasteiger partial charge in [0.25, 0.3) is 0 Å². The zero-order valence-corrected chi connectivity index (χ0v) is 11.4. The third kappa shape index (κ3) is 5.26. The number of nitrogens with one attached hydrogen (secondary N) is 2. The van der Waals surface area contributed by atoms with E-state index in [1.54, 1.807) is 0 Å². The summed E-state index contributed by atoms with van der Waals surface area (Å²) in [6.45, 7) is 4.61. The number of halogens is 1. The fourth-order valence-corrected chi connectivity index (χ4v) is 1.98. The van der Waals surface area contributed by atoms with Gasteiger partial charge in [-0.15, -0.1) is 0 Å². The SMILES string of the molecule is CCC(CC)C(N)CNC(=O)Nc1ccc(F)cc1. The van der Waals surface area contributed by atoms with Crippen molar-refractivity contribution in [2.45, 2.75) is 32.7 Å². The summed E-state index contributed by atoms with van der Waals surface area (Å²) in [6, 6.07) is 5.24. The van der Waals surface area contributed by atoms with Crippen molar-refractivity contribution in [2.75, 3.05) is 11.9 Å². The first-order valence-electron chi connectivity index (χ1n) is 6.62. The number of benzene rings is 1. The second-order valence-corrected chi connectivity index (χ2v) is 4.58. The first kappa shape index (κ1) is 15.4. The van der Waals surface area contributed by atoms with Crippen molar-refractivity contribution in [1.29, 1.82) is 0 Å². The van der Waals surface area contributed by atoms with E-state index in [1.165, 1.54) is 24.3 Å². The zero-order chi connectivity index (χ0) is 14.3. The summed E-state index contributed by atoms with van der Waals surface area (Å²) in [4.78, 5) is 11.6. The molecule has 0 heterocycles. The van der Waals surface area contributed by atoms with Gasteiger partial charge in [-0.3, -0.25) is 0 Å². The average Bonchev–Trinajstić information content (AvgIpc) is 2.40. The molecule has 19 heavy (non-hydrogen) atoms. The predicted octanol–water partition coefficient (Wildman–Crippen LogP) is 2.71. The lowest BCUT2D eigenvalue weighted by Crippen LogP contribution is -2.43. The molecule has 1 rings (SSSR count). The van der Waals surface area contributed by atoms with Gasteiger partial charge in [-0.1, -0.05) is 26.7 Å². The Morgan fingerprint density at radius 2 is 1.84 bits per heavy atom. The zero-order valence-electron chi connectivity index (χ0n) is 11.4. The summed E-state index contributed by atoms with van der Waals surface area (Å²) in [5, 5.41) is 5.35. The molecule has 106 valence electrons. The van der Waals surface area contributed by atoms with Gasteiger partial charge in [0.1, 0.15) is 5.82 Å². The van der Waals surface area contributed by atoms with Crippen LogP contribution in [0.3, 0.4) is 0 Å². The molecule has 0 fully saturated rings. The van der Waals surface area contributed by atoms with Crippen LogP contribution in [0.4, 0.5) is 14.9 Å². The highest BCUT2D eigenvalue weighted by atomic mass is 19.1. The standard InChI is InChI=1S/C14H22FN3O/c1-3-10(4-2)13(16)9-17-14(19)18-12-7-5-11(15)6-8-12/h5-8,10,13H,3-4,9,16H2,1-2H3,(H2,17,18,19). The molecule has 0 saturated heterocycles. The minimum absolute atomic E-state index is 0.0473. The van der Waals surface area contributed by atoms with Gasteiger partial charge >= 0.3 is 6.03 Å². The molecule has 0 aromatic heterocycles. The van der Waals surface area contributed by atoms with Crippen LogP contribution in [0.25, 0.3) is 0 Å². The molecule has 2 amide bonds. The van der Waals surface area contributed by atoms with Crippen LogP contribution in [0.1, 0.15) is 26.7 Å². The molecule has 0 spiro atoms. The lowest BCUT2D eigenvalue weighted by atomic mass is 9.95. The molecule has 0 saturated carbocycles. The molecule has 1 unspecified atom stereocenters. The van der Waals surface area contributed by atoms with Crippen LogP contribution in [0.2, 0.25) is 0 Å². The number of amides is 2. The van der Waals surface area contributed by atoms with Gasteiger partial charge in [0.15, 0.2) is 0 Å². The molecular weight excluding hydrogens is 245 g/mol. The number of nitrogens with two attached hydrogens (primary N) is 1. The summed E-state index contributed by atoms with van der Waals surface area (Å²) >= 11 is 0. The quantitative estimate of drug-likeness (QED) is 0.742. The lowest BCUT2D eigenvalue weighted by Gasteiger charge is -2.21. The summed E-state index contributed by atoms with van der Waals surface area (Å²) in [5.74, 6) is 0.0767. The Hall–Kier alpha value is -1.62. The van der Waals surface area contributed by atoms with Crippen molar-refractivity contribution in [1.82, 2.24) is 5.32 Å². The van der Waals surface area contributed by atoms with E-state index in [0.29, 0.717) is 18.2 Å².